The second kappa shape index (κ2) is 6.49. The molecule has 0 saturated carbocycles. The third-order valence-corrected chi connectivity index (χ3v) is 4.91. The Bertz CT molecular complexity index is 444. The minimum atomic E-state index is -3.40. The van der Waals surface area contributed by atoms with Gasteiger partial charge in [0.25, 0.3) is 0 Å². The Morgan fingerprint density at radius 2 is 1.88 bits per heavy atom. The average molecular weight is 322 g/mol. The van der Waals surface area contributed by atoms with Crippen LogP contribution in [0.15, 0.2) is 29.2 Å². The van der Waals surface area contributed by atoms with Gasteiger partial charge in [0.05, 0.1) is 11.5 Å². The monoisotopic (exact) mass is 321 g/mol. The predicted molar refractivity (Wildman–Crippen MR) is 70.8 cm³/mol. The number of methoxy groups -OCH3 is 1. The third-order valence-electron chi connectivity index (χ3n) is 2.40. The summed E-state index contributed by atoms with van der Waals surface area (Å²) in [7, 11) is -0.303. The minimum absolute atomic E-state index is 0.306. The molecule has 1 aromatic rings. The van der Waals surface area contributed by atoms with Crippen LogP contribution in [0.5, 0.6) is 0 Å². The van der Waals surface area contributed by atoms with Gasteiger partial charge in [0.2, 0.25) is 10.0 Å². The summed E-state index contributed by atoms with van der Waals surface area (Å²) in [5.74, 6) is 0. The number of sulfonamides is 1. The summed E-state index contributed by atoms with van der Waals surface area (Å²) in [6.07, 6.45) is 0. The number of hydrogen-bond donors (Lipinski definition) is 0. The van der Waals surface area contributed by atoms with Gasteiger partial charge in [0.1, 0.15) is 0 Å². The van der Waals surface area contributed by atoms with Crippen LogP contribution in [0.25, 0.3) is 0 Å². The molecule has 0 unspecified atom stereocenters. The van der Waals surface area contributed by atoms with Crippen molar-refractivity contribution in [1.82, 2.24) is 4.31 Å². The van der Waals surface area contributed by atoms with Crippen molar-refractivity contribution in [3.63, 3.8) is 0 Å². The summed E-state index contributed by atoms with van der Waals surface area (Å²) in [5, 5.41) is 0.715. The van der Waals surface area contributed by atoms with Crippen molar-refractivity contribution in [3.8, 4) is 0 Å². The highest BCUT2D eigenvalue weighted by atomic mass is 79.9. The number of halogens is 1. The van der Waals surface area contributed by atoms with Crippen molar-refractivity contribution in [2.24, 2.45) is 0 Å². The summed E-state index contributed by atoms with van der Waals surface area (Å²) < 4.78 is 30.4. The Hall–Kier alpha value is -0.430. The summed E-state index contributed by atoms with van der Waals surface area (Å²) in [4.78, 5) is 0.306. The number of likely N-dealkylation sites (N-methyl/N-ethyl adjacent to an activating group) is 1. The zero-order valence-electron chi connectivity index (χ0n) is 9.89. The Morgan fingerprint density at radius 1 is 1.29 bits per heavy atom. The molecule has 0 atom stereocenters. The first-order chi connectivity index (χ1) is 8.02. The van der Waals surface area contributed by atoms with Crippen molar-refractivity contribution in [2.45, 2.75) is 10.2 Å². The molecule has 0 aliphatic carbocycles. The molecule has 0 aliphatic heterocycles. The van der Waals surface area contributed by atoms with Gasteiger partial charge in [-0.2, -0.15) is 4.31 Å². The smallest absolute Gasteiger partial charge is 0.242 e. The van der Waals surface area contributed by atoms with Crippen LogP contribution in [-0.2, 0) is 20.1 Å². The van der Waals surface area contributed by atoms with E-state index in [1.54, 1.807) is 38.4 Å². The van der Waals surface area contributed by atoms with Crippen LogP contribution in [0.2, 0.25) is 0 Å². The number of hydrogen-bond acceptors (Lipinski definition) is 3. The lowest BCUT2D eigenvalue weighted by Gasteiger charge is -2.16. The van der Waals surface area contributed by atoms with E-state index < -0.39 is 10.0 Å². The normalized spacial score (nSPS) is 12.0. The first-order valence-corrected chi connectivity index (χ1v) is 7.68. The lowest BCUT2D eigenvalue weighted by Crippen LogP contribution is -2.30. The molecule has 0 N–H and O–H groups in total. The van der Waals surface area contributed by atoms with Crippen molar-refractivity contribution in [1.29, 1.82) is 0 Å². The summed E-state index contributed by atoms with van der Waals surface area (Å²) in [5.41, 5.74) is 1.04. The van der Waals surface area contributed by atoms with Gasteiger partial charge in [0.15, 0.2) is 0 Å². The number of benzene rings is 1. The van der Waals surface area contributed by atoms with E-state index in [4.69, 9.17) is 4.74 Å². The molecular formula is C11H16BrNO3S. The second-order valence-electron chi connectivity index (χ2n) is 3.60. The number of ether oxygens (including phenoxy) is 1. The van der Waals surface area contributed by atoms with Gasteiger partial charge in [-0.05, 0) is 17.7 Å². The molecule has 0 amide bonds. The highest BCUT2D eigenvalue weighted by Crippen LogP contribution is 2.16. The van der Waals surface area contributed by atoms with Crippen LogP contribution in [0.3, 0.4) is 0 Å². The molecule has 4 nitrogen and oxygen atoms in total. The standard InChI is InChI=1S/C11H16BrNO3S/c1-13(7-8-16-2)17(14,15)11-5-3-10(9-12)4-6-11/h3-6H,7-9H2,1-2H3. The van der Waals surface area contributed by atoms with Crippen LogP contribution < -0.4 is 0 Å². The molecule has 0 heterocycles. The molecule has 6 heteroatoms. The van der Waals surface area contributed by atoms with Gasteiger partial charge in [0, 0.05) is 26.0 Å². The van der Waals surface area contributed by atoms with E-state index >= 15 is 0 Å². The molecule has 0 spiro atoms. The second-order valence-corrected chi connectivity index (χ2v) is 6.20. The molecule has 0 radical (unpaired) electrons. The van der Waals surface area contributed by atoms with Crippen LogP contribution >= 0.6 is 15.9 Å². The Balaban J connectivity index is 2.88. The maximum absolute atomic E-state index is 12.1. The van der Waals surface area contributed by atoms with Crippen molar-refractivity contribution in [3.05, 3.63) is 29.8 Å². The van der Waals surface area contributed by atoms with Crippen LogP contribution in [0.1, 0.15) is 5.56 Å². The van der Waals surface area contributed by atoms with Gasteiger partial charge in [-0.1, -0.05) is 28.1 Å². The van der Waals surface area contributed by atoms with Gasteiger partial charge in [-0.25, -0.2) is 8.42 Å². The lowest BCUT2D eigenvalue weighted by atomic mass is 10.2. The molecule has 0 bridgehead atoms. The Labute approximate surface area is 111 Å². The quantitative estimate of drug-likeness (QED) is 0.751. The topological polar surface area (TPSA) is 46.6 Å². The van der Waals surface area contributed by atoms with Crippen molar-refractivity contribution >= 4 is 26.0 Å². The number of nitrogens with zero attached hydrogens (tertiary/aromatic N) is 1. The summed E-state index contributed by atoms with van der Waals surface area (Å²) >= 11 is 3.32. The first kappa shape index (κ1) is 14.6. The highest BCUT2D eigenvalue weighted by molar-refractivity contribution is 9.08. The van der Waals surface area contributed by atoms with Crippen LogP contribution in [0, 0.1) is 0 Å². The molecule has 0 aliphatic rings. The first-order valence-electron chi connectivity index (χ1n) is 5.12. The highest BCUT2D eigenvalue weighted by Gasteiger charge is 2.19. The number of rotatable bonds is 6. The molecule has 1 aromatic carbocycles. The molecule has 96 valence electrons. The summed E-state index contributed by atoms with van der Waals surface area (Å²) in [6.45, 7) is 0.730. The molecule has 1 rings (SSSR count). The maximum atomic E-state index is 12.1. The van der Waals surface area contributed by atoms with E-state index in [0.717, 1.165) is 5.56 Å². The molecule has 0 aromatic heterocycles. The molecular weight excluding hydrogens is 306 g/mol. The van der Waals surface area contributed by atoms with E-state index in [0.29, 0.717) is 23.4 Å². The van der Waals surface area contributed by atoms with Crippen LogP contribution in [0.4, 0.5) is 0 Å². The number of alkyl halides is 1. The van der Waals surface area contributed by atoms with E-state index in [1.807, 2.05) is 0 Å². The van der Waals surface area contributed by atoms with Crippen molar-refractivity contribution in [2.75, 3.05) is 27.3 Å². The van der Waals surface area contributed by atoms with E-state index in [9.17, 15) is 8.42 Å². The molecule has 0 fully saturated rings. The fourth-order valence-corrected chi connectivity index (χ4v) is 2.80. The van der Waals surface area contributed by atoms with E-state index in [2.05, 4.69) is 15.9 Å². The minimum Gasteiger partial charge on any atom is -0.383 e. The molecule has 17 heavy (non-hydrogen) atoms. The zero-order valence-corrected chi connectivity index (χ0v) is 12.3. The fraction of sp³-hybridized carbons (Fsp3) is 0.455. The molecule has 0 saturated heterocycles. The van der Waals surface area contributed by atoms with Gasteiger partial charge >= 0.3 is 0 Å². The third kappa shape index (κ3) is 3.77. The van der Waals surface area contributed by atoms with Gasteiger partial charge < -0.3 is 4.74 Å². The van der Waals surface area contributed by atoms with Gasteiger partial charge in [-0.15, -0.1) is 0 Å². The van der Waals surface area contributed by atoms with Gasteiger partial charge in [-0.3, -0.25) is 0 Å². The Kier molecular flexibility index (Phi) is 5.58. The van der Waals surface area contributed by atoms with Crippen molar-refractivity contribution < 1.29 is 13.2 Å². The Morgan fingerprint density at radius 3 is 2.35 bits per heavy atom. The predicted octanol–water partition coefficient (Wildman–Crippen LogP) is 1.85. The van der Waals surface area contributed by atoms with E-state index in [-0.39, 0.29) is 0 Å². The lowest BCUT2D eigenvalue weighted by molar-refractivity contribution is 0.185. The SMILES string of the molecule is COCCN(C)S(=O)(=O)c1ccc(CBr)cc1. The fourth-order valence-electron chi connectivity index (χ4n) is 1.27. The zero-order chi connectivity index (χ0) is 12.9. The summed E-state index contributed by atoms with van der Waals surface area (Å²) in [6, 6.07) is 6.84. The largest absolute Gasteiger partial charge is 0.383 e. The van der Waals surface area contributed by atoms with E-state index in [1.165, 1.54) is 4.31 Å². The van der Waals surface area contributed by atoms with Crippen LogP contribution in [-0.4, -0.2) is 40.0 Å². The average Bonchev–Trinajstić information content (AvgIpc) is 2.35. The maximum Gasteiger partial charge on any atom is 0.242 e.